The summed E-state index contributed by atoms with van der Waals surface area (Å²) in [6.45, 7) is 3.82. The Labute approximate surface area is 70.8 Å². The monoisotopic (exact) mass is 171 g/mol. The number of aryl methyl sites for hydroxylation is 1. The first-order valence-corrected chi connectivity index (χ1v) is 3.74. The Morgan fingerprint density at radius 2 is 2.09 bits per heavy atom. The minimum atomic E-state index is -0.383. The van der Waals surface area contributed by atoms with E-state index in [1.54, 1.807) is 6.07 Å². The maximum Gasteiger partial charge on any atom is 0.254 e. The number of rotatable bonds is 1. The van der Waals surface area contributed by atoms with E-state index >= 15 is 0 Å². The van der Waals surface area contributed by atoms with E-state index in [1.807, 2.05) is 25.5 Å². The van der Waals surface area contributed by atoms with E-state index in [2.05, 4.69) is 0 Å². The van der Waals surface area contributed by atoms with Crippen molar-refractivity contribution in [2.24, 2.45) is 7.05 Å². The summed E-state index contributed by atoms with van der Waals surface area (Å²) in [6.07, 6.45) is 0. The standard InChI is InChI=1S/C8H10ClNO/c1-5-4-7(8(9)11)6(2)10(5)3/h4H,1-3H3. The zero-order valence-electron chi connectivity index (χ0n) is 6.81. The average molecular weight is 172 g/mol. The molecule has 1 rings (SSSR count). The summed E-state index contributed by atoms with van der Waals surface area (Å²) in [5.74, 6) is 0. The summed E-state index contributed by atoms with van der Waals surface area (Å²) in [7, 11) is 1.91. The van der Waals surface area contributed by atoms with Gasteiger partial charge in [0.15, 0.2) is 0 Å². The van der Waals surface area contributed by atoms with Gasteiger partial charge in [0.25, 0.3) is 5.24 Å². The van der Waals surface area contributed by atoms with Crippen molar-refractivity contribution < 1.29 is 4.79 Å². The molecule has 0 aliphatic heterocycles. The third kappa shape index (κ3) is 1.31. The van der Waals surface area contributed by atoms with E-state index in [9.17, 15) is 4.79 Å². The van der Waals surface area contributed by atoms with Gasteiger partial charge in [-0.05, 0) is 31.5 Å². The molecule has 0 saturated heterocycles. The van der Waals surface area contributed by atoms with E-state index in [0.29, 0.717) is 5.56 Å². The molecular weight excluding hydrogens is 162 g/mol. The van der Waals surface area contributed by atoms with Gasteiger partial charge in [0.2, 0.25) is 0 Å². The van der Waals surface area contributed by atoms with Crippen molar-refractivity contribution in [1.29, 1.82) is 0 Å². The Balaban J connectivity index is 3.29. The lowest BCUT2D eigenvalue weighted by molar-refractivity contribution is 0.108. The molecule has 0 N–H and O–H groups in total. The Morgan fingerprint density at radius 1 is 1.55 bits per heavy atom. The van der Waals surface area contributed by atoms with Crippen LogP contribution in [0.2, 0.25) is 0 Å². The largest absolute Gasteiger partial charge is 0.351 e. The first kappa shape index (κ1) is 8.34. The van der Waals surface area contributed by atoms with Crippen molar-refractivity contribution in [1.82, 2.24) is 4.57 Å². The molecule has 1 heterocycles. The third-order valence-corrected chi connectivity index (χ3v) is 2.19. The van der Waals surface area contributed by atoms with Crippen LogP contribution in [0.5, 0.6) is 0 Å². The van der Waals surface area contributed by atoms with Gasteiger partial charge in [0, 0.05) is 18.4 Å². The molecule has 0 bridgehead atoms. The second kappa shape index (κ2) is 2.70. The summed E-state index contributed by atoms with van der Waals surface area (Å²) >= 11 is 5.34. The Morgan fingerprint density at radius 3 is 2.27 bits per heavy atom. The molecule has 1 aromatic heterocycles. The first-order chi connectivity index (χ1) is 5.04. The van der Waals surface area contributed by atoms with Crippen molar-refractivity contribution in [3.8, 4) is 0 Å². The summed E-state index contributed by atoms with van der Waals surface area (Å²) < 4.78 is 1.94. The highest BCUT2D eigenvalue weighted by Gasteiger charge is 2.10. The Hall–Kier alpha value is -0.760. The van der Waals surface area contributed by atoms with Crippen LogP contribution in [0, 0.1) is 13.8 Å². The molecule has 0 unspecified atom stereocenters. The van der Waals surface area contributed by atoms with Crippen LogP contribution in [0.3, 0.4) is 0 Å². The van der Waals surface area contributed by atoms with Crippen LogP contribution in [0.1, 0.15) is 21.7 Å². The molecule has 0 fully saturated rings. The lowest BCUT2D eigenvalue weighted by Crippen LogP contribution is -1.95. The zero-order chi connectivity index (χ0) is 8.59. The highest BCUT2D eigenvalue weighted by atomic mass is 35.5. The van der Waals surface area contributed by atoms with Crippen LogP contribution in [-0.2, 0) is 7.05 Å². The van der Waals surface area contributed by atoms with E-state index in [-0.39, 0.29) is 5.24 Å². The molecule has 0 atom stereocenters. The van der Waals surface area contributed by atoms with Crippen LogP contribution < -0.4 is 0 Å². The minimum absolute atomic E-state index is 0.383. The lowest BCUT2D eigenvalue weighted by atomic mass is 10.3. The predicted molar refractivity (Wildman–Crippen MR) is 45.1 cm³/mol. The van der Waals surface area contributed by atoms with Crippen LogP contribution in [0.15, 0.2) is 6.07 Å². The van der Waals surface area contributed by atoms with E-state index in [0.717, 1.165) is 11.4 Å². The van der Waals surface area contributed by atoms with Gasteiger partial charge in [-0.2, -0.15) is 0 Å². The lowest BCUT2D eigenvalue weighted by Gasteiger charge is -1.98. The maximum absolute atomic E-state index is 10.8. The van der Waals surface area contributed by atoms with Gasteiger partial charge in [-0.25, -0.2) is 0 Å². The number of carbonyl (C=O) groups is 1. The Kier molecular flexibility index (Phi) is 2.05. The fourth-order valence-electron chi connectivity index (χ4n) is 1.05. The molecule has 3 heteroatoms. The Bertz CT molecular complexity index is 301. The van der Waals surface area contributed by atoms with Gasteiger partial charge in [-0.3, -0.25) is 4.79 Å². The van der Waals surface area contributed by atoms with Crippen LogP contribution in [0.25, 0.3) is 0 Å². The number of hydrogen-bond acceptors (Lipinski definition) is 1. The van der Waals surface area contributed by atoms with Gasteiger partial charge in [0.1, 0.15) is 0 Å². The summed E-state index contributed by atoms with van der Waals surface area (Å²) in [4.78, 5) is 10.8. The van der Waals surface area contributed by atoms with Crippen molar-refractivity contribution >= 4 is 16.8 Å². The number of aromatic nitrogens is 1. The summed E-state index contributed by atoms with van der Waals surface area (Å²) in [5, 5.41) is -0.383. The number of carbonyl (C=O) groups excluding carboxylic acids is 1. The summed E-state index contributed by atoms with van der Waals surface area (Å²) in [6, 6.07) is 1.80. The van der Waals surface area contributed by atoms with E-state index < -0.39 is 0 Å². The second-order valence-electron chi connectivity index (χ2n) is 2.62. The minimum Gasteiger partial charge on any atom is -0.351 e. The van der Waals surface area contributed by atoms with Gasteiger partial charge < -0.3 is 4.57 Å². The summed E-state index contributed by atoms with van der Waals surface area (Å²) in [5.41, 5.74) is 2.57. The smallest absolute Gasteiger partial charge is 0.254 e. The molecular formula is C8H10ClNO. The van der Waals surface area contributed by atoms with E-state index in [1.165, 1.54) is 0 Å². The maximum atomic E-state index is 10.8. The van der Waals surface area contributed by atoms with Gasteiger partial charge in [0.05, 0.1) is 5.56 Å². The molecule has 0 radical (unpaired) electrons. The molecule has 0 spiro atoms. The topological polar surface area (TPSA) is 22.0 Å². The van der Waals surface area contributed by atoms with Gasteiger partial charge in [-0.15, -0.1) is 0 Å². The molecule has 0 saturated carbocycles. The number of nitrogens with zero attached hydrogens (tertiary/aromatic N) is 1. The highest BCUT2D eigenvalue weighted by Crippen LogP contribution is 2.14. The average Bonchev–Trinajstić information content (AvgIpc) is 2.17. The van der Waals surface area contributed by atoms with Crippen LogP contribution in [0.4, 0.5) is 0 Å². The van der Waals surface area contributed by atoms with Gasteiger partial charge >= 0.3 is 0 Å². The molecule has 0 aliphatic carbocycles. The molecule has 2 nitrogen and oxygen atoms in total. The van der Waals surface area contributed by atoms with E-state index in [4.69, 9.17) is 11.6 Å². The van der Waals surface area contributed by atoms with Crippen LogP contribution in [-0.4, -0.2) is 9.81 Å². The molecule has 11 heavy (non-hydrogen) atoms. The second-order valence-corrected chi connectivity index (χ2v) is 2.96. The van der Waals surface area contributed by atoms with Gasteiger partial charge in [-0.1, -0.05) is 0 Å². The quantitative estimate of drug-likeness (QED) is 0.593. The van der Waals surface area contributed by atoms with Crippen molar-refractivity contribution in [2.45, 2.75) is 13.8 Å². The normalized spacial score (nSPS) is 10.2. The number of hydrogen-bond donors (Lipinski definition) is 0. The zero-order valence-corrected chi connectivity index (χ0v) is 7.57. The van der Waals surface area contributed by atoms with Crippen molar-refractivity contribution in [2.75, 3.05) is 0 Å². The third-order valence-electron chi connectivity index (χ3n) is 1.99. The molecule has 60 valence electrons. The predicted octanol–water partition coefficient (Wildman–Crippen LogP) is 2.02. The first-order valence-electron chi connectivity index (χ1n) is 3.36. The van der Waals surface area contributed by atoms with Crippen molar-refractivity contribution in [3.05, 3.63) is 23.0 Å². The molecule has 0 aromatic carbocycles. The molecule has 0 aliphatic rings. The fourth-order valence-corrected chi connectivity index (χ4v) is 1.25. The van der Waals surface area contributed by atoms with Crippen LogP contribution >= 0.6 is 11.6 Å². The molecule has 1 aromatic rings. The fraction of sp³-hybridized carbons (Fsp3) is 0.375. The SMILES string of the molecule is Cc1cc(C(=O)Cl)c(C)n1C. The highest BCUT2D eigenvalue weighted by molar-refractivity contribution is 6.67. The van der Waals surface area contributed by atoms with Crippen molar-refractivity contribution in [3.63, 3.8) is 0 Å². The molecule has 0 amide bonds. The number of halogens is 1.